The summed E-state index contributed by atoms with van der Waals surface area (Å²) in [6, 6.07) is 0. The van der Waals surface area contributed by atoms with Crippen LogP contribution >= 0.6 is 0 Å². The van der Waals surface area contributed by atoms with E-state index in [9.17, 15) is 10.2 Å². The molecule has 0 aliphatic heterocycles. The lowest BCUT2D eigenvalue weighted by molar-refractivity contribution is -0.107. The number of hydrogen-bond acceptors (Lipinski definition) is 7. The largest absolute Gasteiger partial charge is 0.396 e. The standard InChI is InChI=1S/C11H24O7/c1-17-7-11(5-15,6-16)9-18-8-10(2-12,3-13)4-14/h12-16H,2-9H2,1H3. The van der Waals surface area contributed by atoms with Crippen molar-refractivity contribution >= 4 is 0 Å². The van der Waals surface area contributed by atoms with E-state index in [-0.39, 0.29) is 33.0 Å². The highest BCUT2D eigenvalue weighted by Gasteiger charge is 2.33. The van der Waals surface area contributed by atoms with E-state index in [1.165, 1.54) is 7.11 Å². The molecule has 0 spiro atoms. The van der Waals surface area contributed by atoms with Gasteiger partial charge in [0.25, 0.3) is 0 Å². The first-order chi connectivity index (χ1) is 8.57. The number of aliphatic hydroxyl groups excluding tert-OH is 5. The quantitative estimate of drug-likeness (QED) is 0.283. The SMILES string of the molecule is COCC(CO)(CO)COCC(CO)(CO)CO. The van der Waals surface area contributed by atoms with Crippen molar-refractivity contribution in [1.29, 1.82) is 0 Å². The van der Waals surface area contributed by atoms with E-state index in [1.54, 1.807) is 0 Å². The molecule has 0 fully saturated rings. The van der Waals surface area contributed by atoms with E-state index in [2.05, 4.69) is 0 Å². The Hall–Kier alpha value is -0.280. The first kappa shape index (κ1) is 17.7. The Labute approximate surface area is 107 Å². The molecule has 110 valence electrons. The van der Waals surface area contributed by atoms with Gasteiger partial charge in [-0.2, -0.15) is 0 Å². The fourth-order valence-electron chi connectivity index (χ4n) is 1.35. The second-order valence-corrected chi connectivity index (χ2v) is 4.72. The highest BCUT2D eigenvalue weighted by atomic mass is 16.5. The van der Waals surface area contributed by atoms with Crippen LogP contribution in [0.4, 0.5) is 0 Å². The zero-order valence-electron chi connectivity index (χ0n) is 10.7. The fraction of sp³-hybridized carbons (Fsp3) is 1.00. The molecule has 0 aromatic heterocycles. The molecule has 5 N–H and O–H groups in total. The number of rotatable bonds is 11. The number of aliphatic hydroxyl groups is 5. The van der Waals surface area contributed by atoms with Crippen molar-refractivity contribution in [3.05, 3.63) is 0 Å². The molecule has 0 aliphatic carbocycles. The molecule has 0 saturated heterocycles. The minimum absolute atomic E-state index is 0.00438. The van der Waals surface area contributed by atoms with Crippen LogP contribution in [0.15, 0.2) is 0 Å². The highest BCUT2D eigenvalue weighted by molar-refractivity contribution is 4.80. The van der Waals surface area contributed by atoms with Crippen LogP contribution in [0, 0.1) is 10.8 Å². The molecule has 0 aromatic rings. The molecule has 0 amide bonds. The van der Waals surface area contributed by atoms with E-state index in [0.717, 1.165) is 0 Å². The minimum atomic E-state index is -1.12. The summed E-state index contributed by atoms with van der Waals surface area (Å²) < 4.78 is 10.2. The molecule has 0 saturated carbocycles. The van der Waals surface area contributed by atoms with Gasteiger partial charge >= 0.3 is 0 Å². The van der Waals surface area contributed by atoms with Crippen LogP contribution in [0.1, 0.15) is 0 Å². The number of hydrogen-bond donors (Lipinski definition) is 5. The molecule has 0 atom stereocenters. The summed E-state index contributed by atoms with van der Waals surface area (Å²) in [5.41, 5.74) is -2.05. The van der Waals surface area contributed by atoms with E-state index >= 15 is 0 Å². The number of methoxy groups -OCH3 is 1. The van der Waals surface area contributed by atoms with Gasteiger partial charge in [-0.25, -0.2) is 0 Å². The lowest BCUT2D eigenvalue weighted by Crippen LogP contribution is -2.43. The third-order valence-electron chi connectivity index (χ3n) is 2.94. The summed E-state index contributed by atoms with van der Waals surface area (Å²) >= 11 is 0. The average molecular weight is 268 g/mol. The van der Waals surface area contributed by atoms with Gasteiger partial charge in [0.1, 0.15) is 0 Å². The van der Waals surface area contributed by atoms with Gasteiger partial charge in [-0.15, -0.1) is 0 Å². The van der Waals surface area contributed by atoms with Gasteiger partial charge in [0, 0.05) is 7.11 Å². The Morgan fingerprint density at radius 3 is 1.39 bits per heavy atom. The molecule has 18 heavy (non-hydrogen) atoms. The predicted octanol–water partition coefficient (Wildman–Crippen LogP) is -2.42. The van der Waals surface area contributed by atoms with Crippen molar-refractivity contribution in [2.75, 3.05) is 60.0 Å². The highest BCUT2D eigenvalue weighted by Crippen LogP contribution is 2.20. The van der Waals surface area contributed by atoms with Crippen LogP contribution in [0.3, 0.4) is 0 Å². The summed E-state index contributed by atoms with van der Waals surface area (Å²) in [6.45, 7) is -1.87. The maximum Gasteiger partial charge on any atom is 0.0632 e. The van der Waals surface area contributed by atoms with Crippen LogP contribution < -0.4 is 0 Å². The van der Waals surface area contributed by atoms with Crippen molar-refractivity contribution in [2.45, 2.75) is 0 Å². The van der Waals surface area contributed by atoms with Crippen molar-refractivity contribution in [1.82, 2.24) is 0 Å². The Kier molecular flexibility index (Phi) is 8.62. The average Bonchev–Trinajstić information content (AvgIpc) is 2.43. The minimum Gasteiger partial charge on any atom is -0.396 e. The zero-order chi connectivity index (χ0) is 14.1. The summed E-state index contributed by atoms with van der Waals surface area (Å²) in [4.78, 5) is 0. The molecule has 0 aromatic carbocycles. The topological polar surface area (TPSA) is 120 Å². The van der Waals surface area contributed by atoms with Crippen LogP contribution in [0.25, 0.3) is 0 Å². The first-order valence-electron chi connectivity index (χ1n) is 5.68. The van der Waals surface area contributed by atoms with E-state index in [4.69, 9.17) is 24.8 Å². The van der Waals surface area contributed by atoms with Crippen molar-refractivity contribution < 1.29 is 35.0 Å². The lowest BCUT2D eigenvalue weighted by atomic mass is 9.91. The van der Waals surface area contributed by atoms with Gasteiger partial charge in [-0.1, -0.05) is 0 Å². The first-order valence-corrected chi connectivity index (χ1v) is 5.68. The smallest absolute Gasteiger partial charge is 0.0632 e. The van der Waals surface area contributed by atoms with E-state index < -0.39 is 30.7 Å². The maximum atomic E-state index is 9.24. The molecule has 0 aliphatic rings. The van der Waals surface area contributed by atoms with Crippen molar-refractivity contribution in [2.24, 2.45) is 10.8 Å². The van der Waals surface area contributed by atoms with Crippen molar-refractivity contribution in [3.63, 3.8) is 0 Å². The molecule has 7 nitrogen and oxygen atoms in total. The van der Waals surface area contributed by atoms with Gasteiger partial charge in [0.15, 0.2) is 0 Å². The lowest BCUT2D eigenvalue weighted by Gasteiger charge is -2.32. The van der Waals surface area contributed by atoms with Gasteiger partial charge in [-0.3, -0.25) is 0 Å². The Bertz CT molecular complexity index is 193. The molecule has 0 bridgehead atoms. The molecular weight excluding hydrogens is 244 g/mol. The summed E-state index contributed by atoms with van der Waals surface area (Å²) in [7, 11) is 1.44. The second-order valence-electron chi connectivity index (χ2n) is 4.72. The van der Waals surface area contributed by atoms with Crippen LogP contribution in [-0.2, 0) is 9.47 Å². The number of ether oxygens (including phenoxy) is 2. The van der Waals surface area contributed by atoms with Gasteiger partial charge in [0.05, 0.1) is 63.7 Å². The third kappa shape index (κ3) is 4.77. The maximum absolute atomic E-state index is 9.24. The molecule has 0 radical (unpaired) electrons. The molecular formula is C11H24O7. The summed E-state index contributed by atoms with van der Waals surface area (Å²) in [5.74, 6) is 0. The van der Waals surface area contributed by atoms with Crippen LogP contribution in [-0.4, -0.2) is 85.5 Å². The molecule has 0 rings (SSSR count). The summed E-state index contributed by atoms with van der Waals surface area (Å²) in [5, 5.41) is 45.8. The molecule has 7 heteroatoms. The third-order valence-corrected chi connectivity index (χ3v) is 2.94. The zero-order valence-corrected chi connectivity index (χ0v) is 10.7. The normalized spacial score (nSPS) is 13.0. The second kappa shape index (κ2) is 8.76. The van der Waals surface area contributed by atoms with Crippen LogP contribution in [0.2, 0.25) is 0 Å². The molecule has 0 heterocycles. The fourth-order valence-corrected chi connectivity index (χ4v) is 1.35. The van der Waals surface area contributed by atoms with Gasteiger partial charge in [-0.05, 0) is 0 Å². The predicted molar refractivity (Wildman–Crippen MR) is 63.0 cm³/mol. The Balaban J connectivity index is 4.36. The van der Waals surface area contributed by atoms with Gasteiger partial charge < -0.3 is 35.0 Å². The molecule has 0 unspecified atom stereocenters. The Morgan fingerprint density at radius 2 is 1.06 bits per heavy atom. The Morgan fingerprint density at radius 1 is 0.667 bits per heavy atom. The van der Waals surface area contributed by atoms with E-state index in [1.807, 2.05) is 0 Å². The summed E-state index contributed by atoms with van der Waals surface area (Å²) in [6.07, 6.45) is 0. The van der Waals surface area contributed by atoms with E-state index in [0.29, 0.717) is 0 Å². The monoisotopic (exact) mass is 268 g/mol. The van der Waals surface area contributed by atoms with Gasteiger partial charge in [0.2, 0.25) is 0 Å². The van der Waals surface area contributed by atoms with Crippen LogP contribution in [0.5, 0.6) is 0 Å². The van der Waals surface area contributed by atoms with Crippen molar-refractivity contribution in [3.8, 4) is 0 Å².